The highest BCUT2D eigenvalue weighted by Gasteiger charge is 2.29. The third-order valence-electron chi connectivity index (χ3n) is 4.12. The van der Waals surface area contributed by atoms with Gasteiger partial charge in [-0.15, -0.1) is 0 Å². The molecule has 0 bridgehead atoms. The van der Waals surface area contributed by atoms with Crippen LogP contribution < -0.4 is 11.1 Å². The number of carbonyl (C=O) groups is 1. The Labute approximate surface area is 115 Å². The smallest absolute Gasteiger partial charge is 0.234 e. The fourth-order valence-electron chi connectivity index (χ4n) is 2.70. The second-order valence-electron chi connectivity index (χ2n) is 5.89. The second-order valence-corrected chi connectivity index (χ2v) is 5.89. The molecule has 3 atom stereocenters. The molecule has 2 aliphatic rings. The maximum atomic E-state index is 11.5. The van der Waals surface area contributed by atoms with Gasteiger partial charge >= 0.3 is 0 Å². The van der Waals surface area contributed by atoms with Gasteiger partial charge in [0.05, 0.1) is 18.8 Å². The minimum Gasteiger partial charge on any atom is -0.376 e. The van der Waals surface area contributed by atoms with Gasteiger partial charge in [-0.05, 0) is 32.6 Å². The van der Waals surface area contributed by atoms with Gasteiger partial charge in [0, 0.05) is 25.2 Å². The van der Waals surface area contributed by atoms with Gasteiger partial charge in [0.1, 0.15) is 0 Å². The Hall–Kier alpha value is -0.650. The lowest BCUT2D eigenvalue weighted by Gasteiger charge is -2.38. The summed E-state index contributed by atoms with van der Waals surface area (Å²) in [6.45, 7) is 6.96. The van der Waals surface area contributed by atoms with Gasteiger partial charge in [0.2, 0.25) is 5.91 Å². The highest BCUT2D eigenvalue weighted by atomic mass is 16.5. The van der Waals surface area contributed by atoms with E-state index in [-0.39, 0.29) is 18.1 Å². The molecule has 0 aromatic carbocycles. The summed E-state index contributed by atoms with van der Waals surface area (Å²) in [5.74, 6) is -0.221. The summed E-state index contributed by atoms with van der Waals surface area (Å²) in [6.07, 6.45) is 4.52. The van der Waals surface area contributed by atoms with Gasteiger partial charge in [-0.2, -0.15) is 0 Å². The fraction of sp³-hybridized carbons (Fsp3) is 0.929. The van der Waals surface area contributed by atoms with Crippen molar-refractivity contribution in [2.24, 2.45) is 5.73 Å². The van der Waals surface area contributed by atoms with Gasteiger partial charge in [-0.1, -0.05) is 6.92 Å². The molecule has 19 heavy (non-hydrogen) atoms. The molecule has 0 aromatic rings. The van der Waals surface area contributed by atoms with Crippen LogP contribution in [0.5, 0.6) is 0 Å². The SMILES string of the molecule is CCC1COC(C)CN1CCC(NC1CC1)C(N)=O. The summed E-state index contributed by atoms with van der Waals surface area (Å²) in [5.41, 5.74) is 5.48. The zero-order chi connectivity index (χ0) is 13.8. The molecule has 1 heterocycles. The zero-order valence-corrected chi connectivity index (χ0v) is 12.1. The normalized spacial score (nSPS) is 30.2. The molecule has 0 spiro atoms. The first-order valence-electron chi connectivity index (χ1n) is 7.51. The standard InChI is InChI=1S/C14H27N3O2/c1-3-12-9-19-10(2)8-17(12)7-6-13(14(15)18)16-11-4-5-11/h10-13,16H,3-9H2,1-2H3,(H2,15,18). The molecule has 3 unspecified atom stereocenters. The molecular weight excluding hydrogens is 242 g/mol. The summed E-state index contributed by atoms with van der Waals surface area (Å²) >= 11 is 0. The van der Waals surface area contributed by atoms with Crippen LogP contribution in [0, 0.1) is 0 Å². The van der Waals surface area contributed by atoms with Crippen molar-refractivity contribution >= 4 is 5.91 Å². The number of ether oxygens (including phenoxy) is 1. The van der Waals surface area contributed by atoms with Gasteiger partial charge in [0.15, 0.2) is 0 Å². The van der Waals surface area contributed by atoms with Crippen molar-refractivity contribution in [2.45, 2.75) is 63.8 Å². The first-order valence-corrected chi connectivity index (χ1v) is 7.51. The number of nitrogens with two attached hydrogens (primary N) is 1. The molecule has 1 saturated heterocycles. The maximum absolute atomic E-state index is 11.5. The van der Waals surface area contributed by atoms with Crippen molar-refractivity contribution in [3.8, 4) is 0 Å². The minimum absolute atomic E-state index is 0.178. The summed E-state index contributed by atoms with van der Waals surface area (Å²) in [4.78, 5) is 13.9. The van der Waals surface area contributed by atoms with E-state index in [1.165, 1.54) is 12.8 Å². The Balaban J connectivity index is 1.81. The molecule has 1 aliphatic heterocycles. The molecule has 5 nitrogen and oxygen atoms in total. The average molecular weight is 269 g/mol. The number of carbonyl (C=O) groups excluding carboxylic acids is 1. The number of primary amides is 1. The number of amides is 1. The van der Waals surface area contributed by atoms with Crippen molar-refractivity contribution in [1.29, 1.82) is 0 Å². The lowest BCUT2D eigenvalue weighted by atomic mass is 10.1. The Kier molecular flexibility index (Phi) is 5.19. The van der Waals surface area contributed by atoms with Gasteiger partial charge in [-0.25, -0.2) is 0 Å². The molecule has 1 aliphatic carbocycles. The molecule has 0 radical (unpaired) electrons. The van der Waals surface area contributed by atoms with Crippen LogP contribution in [0.2, 0.25) is 0 Å². The molecule has 2 rings (SSSR count). The van der Waals surface area contributed by atoms with E-state index in [4.69, 9.17) is 10.5 Å². The van der Waals surface area contributed by atoms with Crippen molar-refractivity contribution in [2.75, 3.05) is 19.7 Å². The van der Waals surface area contributed by atoms with E-state index in [1.54, 1.807) is 0 Å². The zero-order valence-electron chi connectivity index (χ0n) is 12.1. The van der Waals surface area contributed by atoms with Crippen LogP contribution in [0.3, 0.4) is 0 Å². The fourth-order valence-corrected chi connectivity index (χ4v) is 2.70. The van der Waals surface area contributed by atoms with Crippen molar-refractivity contribution in [3.05, 3.63) is 0 Å². The summed E-state index contributed by atoms with van der Waals surface area (Å²) < 4.78 is 5.69. The van der Waals surface area contributed by atoms with Crippen LogP contribution in [0.1, 0.15) is 39.5 Å². The van der Waals surface area contributed by atoms with Gasteiger partial charge < -0.3 is 15.8 Å². The quantitative estimate of drug-likeness (QED) is 0.705. The number of nitrogens with zero attached hydrogens (tertiary/aromatic N) is 1. The van der Waals surface area contributed by atoms with E-state index in [2.05, 4.69) is 24.1 Å². The van der Waals surface area contributed by atoms with Crippen molar-refractivity contribution < 1.29 is 9.53 Å². The summed E-state index contributed by atoms with van der Waals surface area (Å²) in [6, 6.07) is 0.817. The molecule has 3 N–H and O–H groups in total. The molecule has 1 saturated carbocycles. The third-order valence-corrected chi connectivity index (χ3v) is 4.12. The molecule has 0 aromatic heterocycles. The lowest BCUT2D eigenvalue weighted by Crippen LogP contribution is -2.51. The monoisotopic (exact) mass is 269 g/mol. The van der Waals surface area contributed by atoms with E-state index >= 15 is 0 Å². The van der Waals surface area contributed by atoms with Crippen LogP contribution in [0.4, 0.5) is 0 Å². The van der Waals surface area contributed by atoms with Gasteiger partial charge in [0.25, 0.3) is 0 Å². The molecule has 2 fully saturated rings. The van der Waals surface area contributed by atoms with Gasteiger partial charge in [-0.3, -0.25) is 9.69 Å². The molecule has 1 amide bonds. The highest BCUT2D eigenvalue weighted by molar-refractivity contribution is 5.79. The van der Waals surface area contributed by atoms with Crippen molar-refractivity contribution in [1.82, 2.24) is 10.2 Å². The average Bonchev–Trinajstić information content (AvgIpc) is 3.18. The molecule has 5 heteroatoms. The minimum atomic E-state index is -0.221. The van der Waals surface area contributed by atoms with Crippen molar-refractivity contribution in [3.63, 3.8) is 0 Å². The summed E-state index contributed by atoms with van der Waals surface area (Å²) in [7, 11) is 0. The number of hydrogen-bond donors (Lipinski definition) is 2. The van der Waals surface area contributed by atoms with Crippen LogP contribution in [-0.4, -0.2) is 54.7 Å². The predicted octanol–water partition coefficient (Wildman–Crippen LogP) is 0.482. The van der Waals surface area contributed by atoms with E-state index in [0.29, 0.717) is 12.1 Å². The Morgan fingerprint density at radius 1 is 1.53 bits per heavy atom. The number of rotatable bonds is 7. The van der Waals surface area contributed by atoms with E-state index in [9.17, 15) is 4.79 Å². The summed E-state index contributed by atoms with van der Waals surface area (Å²) in [5, 5.41) is 3.34. The Morgan fingerprint density at radius 3 is 2.84 bits per heavy atom. The number of morpholine rings is 1. The van der Waals surface area contributed by atoms with E-state index in [1.807, 2.05) is 0 Å². The van der Waals surface area contributed by atoms with Crippen LogP contribution in [0.15, 0.2) is 0 Å². The highest BCUT2D eigenvalue weighted by Crippen LogP contribution is 2.20. The maximum Gasteiger partial charge on any atom is 0.234 e. The third kappa shape index (κ3) is 4.44. The Bertz CT molecular complexity index is 307. The van der Waals surface area contributed by atoms with Crippen LogP contribution in [0.25, 0.3) is 0 Å². The van der Waals surface area contributed by atoms with Crippen LogP contribution in [-0.2, 0) is 9.53 Å². The molecule has 110 valence electrons. The van der Waals surface area contributed by atoms with E-state index in [0.717, 1.165) is 32.5 Å². The first kappa shape index (κ1) is 14.8. The van der Waals surface area contributed by atoms with E-state index < -0.39 is 0 Å². The molecular formula is C14H27N3O2. The van der Waals surface area contributed by atoms with Crippen LogP contribution >= 0.6 is 0 Å². The number of nitrogens with one attached hydrogen (secondary N) is 1. The second kappa shape index (κ2) is 6.68. The largest absolute Gasteiger partial charge is 0.376 e. The number of hydrogen-bond acceptors (Lipinski definition) is 4. The predicted molar refractivity (Wildman–Crippen MR) is 74.8 cm³/mol. The first-order chi connectivity index (χ1) is 9.10. The lowest BCUT2D eigenvalue weighted by molar-refractivity contribution is -0.120. The topological polar surface area (TPSA) is 67.6 Å². The Morgan fingerprint density at radius 2 is 2.26 bits per heavy atom.